The number of aromatic amines is 1. The van der Waals surface area contributed by atoms with E-state index in [4.69, 9.17) is 0 Å². The minimum absolute atomic E-state index is 0.233. The summed E-state index contributed by atoms with van der Waals surface area (Å²) in [5, 5.41) is 9.74. The Bertz CT molecular complexity index is 703. The van der Waals surface area contributed by atoms with E-state index >= 15 is 0 Å². The molecule has 4 nitrogen and oxygen atoms in total. The molecule has 0 amide bonds. The minimum atomic E-state index is -0.233. The van der Waals surface area contributed by atoms with Crippen LogP contribution in [0.3, 0.4) is 0 Å². The van der Waals surface area contributed by atoms with Crippen molar-refractivity contribution in [2.24, 2.45) is 0 Å². The molecule has 0 atom stereocenters. The topological polar surface area (TPSA) is 58.6 Å². The van der Waals surface area contributed by atoms with E-state index in [-0.39, 0.29) is 5.56 Å². The van der Waals surface area contributed by atoms with Gasteiger partial charge in [0.15, 0.2) is 0 Å². The molecule has 0 aliphatic rings. The van der Waals surface area contributed by atoms with E-state index in [1.165, 1.54) is 6.07 Å². The maximum Gasteiger partial charge on any atom is 0.269 e. The van der Waals surface area contributed by atoms with Gasteiger partial charge in [-0.2, -0.15) is 5.10 Å². The van der Waals surface area contributed by atoms with Gasteiger partial charge in [0.1, 0.15) is 0 Å². The predicted molar refractivity (Wildman–Crippen MR) is 57.7 cm³/mol. The summed E-state index contributed by atoms with van der Waals surface area (Å²) in [6, 6.07) is 7.12. The Labute approximate surface area is 84.6 Å². The van der Waals surface area contributed by atoms with Gasteiger partial charge < -0.3 is 0 Å². The molecule has 15 heavy (non-hydrogen) atoms. The first kappa shape index (κ1) is 8.11. The van der Waals surface area contributed by atoms with Crippen molar-refractivity contribution < 1.29 is 0 Å². The number of aromatic nitrogens is 3. The van der Waals surface area contributed by atoms with E-state index in [0.717, 1.165) is 21.7 Å². The third kappa shape index (κ3) is 1.19. The summed E-state index contributed by atoms with van der Waals surface area (Å²) < 4.78 is 0. The SMILES string of the molecule is O=c1ccc2ccc3[nH]ncc3c2cn1. The second-order valence-corrected chi connectivity index (χ2v) is 3.33. The average Bonchev–Trinajstić information content (AvgIpc) is 2.64. The van der Waals surface area contributed by atoms with Gasteiger partial charge in [0.2, 0.25) is 0 Å². The average molecular weight is 197 g/mol. The Morgan fingerprint density at radius 2 is 1.87 bits per heavy atom. The lowest BCUT2D eigenvalue weighted by atomic mass is 10.1. The molecule has 0 unspecified atom stereocenters. The van der Waals surface area contributed by atoms with Gasteiger partial charge in [-0.1, -0.05) is 6.07 Å². The van der Waals surface area contributed by atoms with Crippen molar-refractivity contribution >= 4 is 21.7 Å². The number of fused-ring (bicyclic) bond motifs is 3. The fourth-order valence-electron chi connectivity index (χ4n) is 1.68. The van der Waals surface area contributed by atoms with Crippen molar-refractivity contribution in [2.75, 3.05) is 0 Å². The predicted octanol–water partition coefficient (Wildman–Crippen LogP) is 1.47. The maximum absolute atomic E-state index is 11.1. The van der Waals surface area contributed by atoms with Crippen LogP contribution in [-0.2, 0) is 0 Å². The van der Waals surface area contributed by atoms with E-state index < -0.39 is 0 Å². The highest BCUT2D eigenvalue weighted by Gasteiger charge is 2.00. The van der Waals surface area contributed by atoms with Crippen LogP contribution in [0.5, 0.6) is 0 Å². The number of rotatable bonds is 0. The van der Waals surface area contributed by atoms with Crippen LogP contribution in [-0.4, -0.2) is 15.2 Å². The first-order valence-electron chi connectivity index (χ1n) is 4.57. The molecule has 0 radical (unpaired) electrons. The van der Waals surface area contributed by atoms with Crippen molar-refractivity contribution in [3.8, 4) is 0 Å². The summed E-state index contributed by atoms with van der Waals surface area (Å²) in [4.78, 5) is 14.9. The molecular weight excluding hydrogens is 190 g/mol. The van der Waals surface area contributed by atoms with Crippen LogP contribution in [0.25, 0.3) is 21.7 Å². The summed E-state index contributed by atoms with van der Waals surface area (Å²) >= 11 is 0. The molecule has 0 fully saturated rings. The molecule has 0 bridgehead atoms. The third-order valence-corrected chi connectivity index (χ3v) is 2.43. The van der Waals surface area contributed by atoms with Gasteiger partial charge in [0.25, 0.3) is 5.56 Å². The summed E-state index contributed by atoms with van der Waals surface area (Å²) in [6.07, 6.45) is 3.33. The smallest absolute Gasteiger partial charge is 0.269 e. The Morgan fingerprint density at radius 3 is 2.80 bits per heavy atom. The Balaban J connectivity index is 2.63. The van der Waals surface area contributed by atoms with Gasteiger partial charge in [0.05, 0.1) is 11.7 Å². The van der Waals surface area contributed by atoms with Crippen LogP contribution in [0.15, 0.2) is 41.5 Å². The zero-order valence-corrected chi connectivity index (χ0v) is 7.77. The van der Waals surface area contributed by atoms with E-state index in [0.29, 0.717) is 0 Å². The molecular formula is C11H7N3O. The lowest BCUT2D eigenvalue weighted by Gasteiger charge is -1.92. The summed E-state index contributed by atoms with van der Waals surface area (Å²) in [5.74, 6) is 0. The van der Waals surface area contributed by atoms with Crippen LogP contribution >= 0.6 is 0 Å². The standard InChI is InChI=1S/C11H7N3O/c15-11-4-2-7-1-3-10-9(6-13-14-10)8(7)5-12-11/h1-6H,(H,13,14). The number of hydrogen-bond acceptors (Lipinski definition) is 3. The number of benzene rings is 1. The Morgan fingerprint density at radius 1 is 1.00 bits per heavy atom. The number of H-pyrrole nitrogens is 1. The zero-order valence-electron chi connectivity index (χ0n) is 7.77. The molecule has 2 heterocycles. The highest BCUT2D eigenvalue weighted by atomic mass is 16.1. The van der Waals surface area contributed by atoms with Gasteiger partial charge in [-0.15, -0.1) is 0 Å². The van der Waals surface area contributed by atoms with Gasteiger partial charge >= 0.3 is 0 Å². The molecule has 1 aromatic carbocycles. The number of nitrogens with zero attached hydrogens (tertiary/aromatic N) is 2. The molecule has 72 valence electrons. The second-order valence-electron chi connectivity index (χ2n) is 3.33. The van der Waals surface area contributed by atoms with Crippen molar-refractivity contribution in [1.82, 2.24) is 15.2 Å². The van der Waals surface area contributed by atoms with E-state index in [9.17, 15) is 4.79 Å². The van der Waals surface area contributed by atoms with E-state index in [1.54, 1.807) is 18.5 Å². The summed E-state index contributed by atoms with van der Waals surface area (Å²) in [5.41, 5.74) is 0.714. The Kier molecular flexibility index (Phi) is 1.56. The molecule has 0 spiro atoms. The first-order chi connectivity index (χ1) is 7.34. The van der Waals surface area contributed by atoms with Crippen LogP contribution in [0, 0.1) is 0 Å². The molecule has 0 aliphatic heterocycles. The molecule has 2 aromatic heterocycles. The van der Waals surface area contributed by atoms with Gasteiger partial charge in [-0.05, 0) is 17.5 Å². The first-order valence-corrected chi connectivity index (χ1v) is 4.57. The van der Waals surface area contributed by atoms with Crippen molar-refractivity contribution in [3.63, 3.8) is 0 Å². The van der Waals surface area contributed by atoms with Crippen LogP contribution in [0.4, 0.5) is 0 Å². The van der Waals surface area contributed by atoms with Crippen LogP contribution in [0.2, 0.25) is 0 Å². The summed E-state index contributed by atoms with van der Waals surface area (Å²) in [6.45, 7) is 0. The van der Waals surface area contributed by atoms with Crippen molar-refractivity contribution in [3.05, 3.63) is 47.0 Å². The minimum Gasteiger partial charge on any atom is -0.278 e. The normalized spacial score (nSPS) is 10.9. The lowest BCUT2D eigenvalue weighted by molar-refractivity contribution is 1.12. The van der Waals surface area contributed by atoms with Crippen molar-refractivity contribution in [2.45, 2.75) is 0 Å². The van der Waals surface area contributed by atoms with Gasteiger partial charge in [-0.3, -0.25) is 9.89 Å². The Hall–Kier alpha value is -2.23. The lowest BCUT2D eigenvalue weighted by Crippen LogP contribution is -1.96. The second kappa shape index (κ2) is 2.88. The van der Waals surface area contributed by atoms with Gasteiger partial charge in [0, 0.05) is 23.0 Å². The fourth-order valence-corrected chi connectivity index (χ4v) is 1.68. The quantitative estimate of drug-likeness (QED) is 0.593. The molecule has 0 saturated carbocycles. The summed E-state index contributed by atoms with van der Waals surface area (Å²) in [7, 11) is 0. The number of hydrogen-bond donors (Lipinski definition) is 1. The zero-order chi connectivity index (χ0) is 10.3. The van der Waals surface area contributed by atoms with Crippen LogP contribution in [0.1, 0.15) is 0 Å². The third-order valence-electron chi connectivity index (χ3n) is 2.43. The van der Waals surface area contributed by atoms with E-state index in [2.05, 4.69) is 15.2 Å². The molecule has 0 saturated heterocycles. The van der Waals surface area contributed by atoms with E-state index in [1.807, 2.05) is 12.1 Å². The van der Waals surface area contributed by atoms with Crippen molar-refractivity contribution in [1.29, 1.82) is 0 Å². The number of nitrogens with one attached hydrogen (secondary N) is 1. The molecule has 0 aliphatic carbocycles. The highest BCUT2D eigenvalue weighted by Crippen LogP contribution is 2.21. The fraction of sp³-hybridized carbons (Fsp3) is 0. The molecule has 3 rings (SSSR count). The largest absolute Gasteiger partial charge is 0.278 e. The highest BCUT2D eigenvalue weighted by molar-refractivity contribution is 6.05. The monoisotopic (exact) mass is 197 g/mol. The molecule has 3 aromatic rings. The molecule has 4 heteroatoms. The molecule has 1 N–H and O–H groups in total. The maximum atomic E-state index is 11.1. The van der Waals surface area contributed by atoms with Gasteiger partial charge in [-0.25, -0.2) is 4.98 Å². The van der Waals surface area contributed by atoms with Crippen LogP contribution < -0.4 is 5.56 Å².